The van der Waals surface area contributed by atoms with E-state index in [0.717, 1.165) is 0 Å². The second-order valence-electron chi connectivity index (χ2n) is 9.41. The van der Waals surface area contributed by atoms with Crippen molar-refractivity contribution in [2.24, 2.45) is 0 Å². The maximum Gasteiger partial charge on any atom is 0.187 e. The molecule has 0 amide bonds. The highest BCUT2D eigenvalue weighted by atomic mass is 16.8. The van der Waals surface area contributed by atoms with Gasteiger partial charge in [-0.25, -0.2) is 0 Å². The highest BCUT2D eigenvalue weighted by Gasteiger charge is 2.53. The number of aliphatic hydroxyl groups is 4. The summed E-state index contributed by atoms with van der Waals surface area (Å²) in [5.41, 5.74) is 0. The molecule has 0 aromatic heterocycles. The van der Waals surface area contributed by atoms with Gasteiger partial charge in [-0.3, -0.25) is 0 Å². The van der Waals surface area contributed by atoms with Crippen molar-refractivity contribution in [3.8, 4) is 0 Å². The first kappa shape index (κ1) is 31.0. The van der Waals surface area contributed by atoms with Gasteiger partial charge in [0.05, 0.1) is 18.8 Å². The van der Waals surface area contributed by atoms with Gasteiger partial charge in [-0.2, -0.15) is 0 Å². The number of aliphatic hydroxyl groups excluding tert-OH is 4. The van der Waals surface area contributed by atoms with Gasteiger partial charge in [-0.1, -0.05) is 0 Å². The third-order valence-corrected chi connectivity index (χ3v) is 7.15. The van der Waals surface area contributed by atoms with Crippen LogP contribution in [0.3, 0.4) is 0 Å². The molecule has 3 aliphatic heterocycles. The summed E-state index contributed by atoms with van der Waals surface area (Å²) in [6.07, 6.45) is -14.8. The van der Waals surface area contributed by atoms with Gasteiger partial charge in [-0.05, 0) is 13.8 Å². The summed E-state index contributed by atoms with van der Waals surface area (Å²) in [4.78, 5) is 0. The van der Waals surface area contributed by atoms with E-state index in [1.807, 2.05) is 0 Å². The summed E-state index contributed by atoms with van der Waals surface area (Å²) in [5, 5.41) is 42.2. The molecular formula is C23H42O14. The van der Waals surface area contributed by atoms with Crippen molar-refractivity contribution < 1.29 is 67.8 Å². The molecule has 3 heterocycles. The molecule has 0 aromatic carbocycles. The summed E-state index contributed by atoms with van der Waals surface area (Å²) in [5.74, 6) is 0. The molecule has 0 aromatic rings. The molecule has 3 aliphatic rings. The maximum absolute atomic E-state index is 10.8. The van der Waals surface area contributed by atoms with E-state index in [-0.39, 0.29) is 6.61 Å². The van der Waals surface area contributed by atoms with E-state index in [0.29, 0.717) is 0 Å². The van der Waals surface area contributed by atoms with E-state index in [4.69, 9.17) is 47.4 Å². The van der Waals surface area contributed by atoms with Crippen LogP contribution in [-0.2, 0) is 47.4 Å². The number of methoxy groups -OCH3 is 5. The van der Waals surface area contributed by atoms with Crippen LogP contribution < -0.4 is 0 Å². The molecule has 218 valence electrons. The Morgan fingerprint density at radius 2 is 1.14 bits per heavy atom. The first-order valence-electron chi connectivity index (χ1n) is 12.2. The molecule has 15 atom stereocenters. The second kappa shape index (κ2) is 13.7. The molecule has 37 heavy (non-hydrogen) atoms. The van der Waals surface area contributed by atoms with E-state index in [1.54, 1.807) is 13.8 Å². The fourth-order valence-corrected chi connectivity index (χ4v) is 5.11. The third kappa shape index (κ3) is 6.44. The molecule has 14 nitrogen and oxygen atoms in total. The fraction of sp³-hybridized carbons (Fsp3) is 1.00. The van der Waals surface area contributed by atoms with Crippen molar-refractivity contribution in [1.29, 1.82) is 0 Å². The zero-order chi connectivity index (χ0) is 27.4. The number of rotatable bonds is 10. The minimum atomic E-state index is -1.39. The monoisotopic (exact) mass is 542 g/mol. The number of hydrogen-bond acceptors (Lipinski definition) is 14. The number of ether oxygens (including phenoxy) is 10. The Kier molecular flexibility index (Phi) is 11.4. The van der Waals surface area contributed by atoms with Crippen LogP contribution in [0.5, 0.6) is 0 Å². The van der Waals surface area contributed by atoms with E-state index >= 15 is 0 Å². The van der Waals surface area contributed by atoms with E-state index < -0.39 is 92.1 Å². The van der Waals surface area contributed by atoms with Gasteiger partial charge in [0.15, 0.2) is 18.9 Å². The van der Waals surface area contributed by atoms with Gasteiger partial charge in [-0.15, -0.1) is 0 Å². The summed E-state index contributed by atoms with van der Waals surface area (Å²) in [6, 6.07) is 0. The average Bonchev–Trinajstić information content (AvgIpc) is 2.87. The highest BCUT2D eigenvalue weighted by molar-refractivity contribution is 4.96. The standard InChI is InChI=1S/C23H42O14/c1-9-12(24)17(30-5)19(21(27)33-9)37-23-20(32-7)18(31-6)15(10(2)34-23)36-22-14(26)16(29-4)13(25)11(35-22)8-28-3/h9-27H,8H2,1-7H3/t9-,10-,11+,12-,13+,14+,15-,16-,17+,18+,19+,20+,21+,22+,23-/m0/s1. The van der Waals surface area contributed by atoms with Gasteiger partial charge >= 0.3 is 0 Å². The van der Waals surface area contributed by atoms with Gasteiger partial charge < -0.3 is 67.8 Å². The molecule has 14 heteroatoms. The van der Waals surface area contributed by atoms with Crippen LogP contribution >= 0.6 is 0 Å². The molecule has 0 unspecified atom stereocenters. The predicted molar refractivity (Wildman–Crippen MR) is 122 cm³/mol. The Labute approximate surface area is 216 Å². The van der Waals surface area contributed by atoms with Crippen molar-refractivity contribution in [2.45, 2.75) is 106 Å². The summed E-state index contributed by atoms with van der Waals surface area (Å²) >= 11 is 0. The van der Waals surface area contributed by atoms with Gasteiger partial charge in [0.1, 0.15) is 61.0 Å². The van der Waals surface area contributed by atoms with Crippen LogP contribution in [-0.4, -0.2) is 155 Å². The minimum absolute atomic E-state index is 0.0472. The lowest BCUT2D eigenvalue weighted by molar-refractivity contribution is -0.381. The molecule has 0 bridgehead atoms. The van der Waals surface area contributed by atoms with Crippen molar-refractivity contribution in [3.05, 3.63) is 0 Å². The van der Waals surface area contributed by atoms with E-state index in [1.165, 1.54) is 35.5 Å². The Hall–Kier alpha value is -0.560. The van der Waals surface area contributed by atoms with Crippen LogP contribution in [0.15, 0.2) is 0 Å². The van der Waals surface area contributed by atoms with Crippen molar-refractivity contribution in [1.82, 2.24) is 0 Å². The number of hydrogen-bond donors (Lipinski definition) is 4. The third-order valence-electron chi connectivity index (χ3n) is 7.15. The minimum Gasteiger partial charge on any atom is -0.388 e. The van der Waals surface area contributed by atoms with Crippen LogP contribution in [0.1, 0.15) is 13.8 Å². The second-order valence-corrected chi connectivity index (χ2v) is 9.41. The average molecular weight is 543 g/mol. The van der Waals surface area contributed by atoms with E-state index in [9.17, 15) is 20.4 Å². The van der Waals surface area contributed by atoms with Crippen LogP contribution in [0, 0.1) is 0 Å². The first-order chi connectivity index (χ1) is 17.6. The lowest BCUT2D eigenvalue weighted by atomic mass is 9.96. The first-order valence-corrected chi connectivity index (χ1v) is 12.2. The smallest absolute Gasteiger partial charge is 0.187 e. The van der Waals surface area contributed by atoms with Gasteiger partial charge in [0, 0.05) is 35.5 Å². The molecule has 4 N–H and O–H groups in total. The Balaban J connectivity index is 1.77. The molecule has 3 fully saturated rings. The van der Waals surface area contributed by atoms with Crippen molar-refractivity contribution in [3.63, 3.8) is 0 Å². The molecule has 0 radical (unpaired) electrons. The quantitative estimate of drug-likeness (QED) is 0.233. The summed E-state index contributed by atoms with van der Waals surface area (Å²) in [7, 11) is 7.11. The lowest BCUT2D eigenvalue weighted by Crippen LogP contribution is -2.66. The SMILES string of the molecule is COC[C@H]1O[C@H](O[C@@H]2[C@@H](OC)[C@@H](OC)[C@H](O[C@@H]3[C@H](OC)[C@@H](O)[C@H](C)O[C@H]3O)O[C@H]2C)[C@H](O)[C@@H](OC)[C@@H]1O. The Morgan fingerprint density at radius 3 is 1.70 bits per heavy atom. The Bertz CT molecular complexity index is 686. The molecule has 0 spiro atoms. The molecule has 0 aliphatic carbocycles. The zero-order valence-electron chi connectivity index (χ0n) is 22.2. The van der Waals surface area contributed by atoms with Crippen LogP contribution in [0.4, 0.5) is 0 Å². The zero-order valence-corrected chi connectivity index (χ0v) is 22.2. The normalized spacial score (nSPS) is 49.2. The van der Waals surface area contributed by atoms with Crippen molar-refractivity contribution in [2.75, 3.05) is 42.2 Å². The van der Waals surface area contributed by atoms with Crippen LogP contribution in [0.2, 0.25) is 0 Å². The molecule has 3 saturated heterocycles. The van der Waals surface area contributed by atoms with Crippen LogP contribution in [0.25, 0.3) is 0 Å². The Morgan fingerprint density at radius 1 is 0.541 bits per heavy atom. The predicted octanol–water partition coefficient (Wildman–Crippen LogP) is -2.25. The topological polar surface area (TPSA) is 173 Å². The fourth-order valence-electron chi connectivity index (χ4n) is 5.11. The molecular weight excluding hydrogens is 500 g/mol. The van der Waals surface area contributed by atoms with Crippen molar-refractivity contribution >= 4 is 0 Å². The lowest BCUT2D eigenvalue weighted by Gasteiger charge is -2.49. The molecule has 3 rings (SSSR count). The maximum atomic E-state index is 10.8. The van der Waals surface area contributed by atoms with Gasteiger partial charge in [0.2, 0.25) is 0 Å². The largest absolute Gasteiger partial charge is 0.388 e. The highest BCUT2D eigenvalue weighted by Crippen LogP contribution is 2.34. The summed E-state index contributed by atoms with van der Waals surface area (Å²) < 4.78 is 56.6. The molecule has 0 saturated carbocycles. The van der Waals surface area contributed by atoms with E-state index in [2.05, 4.69) is 0 Å². The van der Waals surface area contributed by atoms with Gasteiger partial charge in [0.25, 0.3) is 0 Å². The summed E-state index contributed by atoms with van der Waals surface area (Å²) in [6.45, 7) is 3.37.